The van der Waals surface area contributed by atoms with E-state index in [1.54, 1.807) is 0 Å². The Morgan fingerprint density at radius 3 is 2.73 bits per heavy atom. The van der Waals surface area contributed by atoms with Gasteiger partial charge in [-0.2, -0.15) is 0 Å². The van der Waals surface area contributed by atoms with Crippen LogP contribution in [0.25, 0.3) is 10.9 Å². The lowest BCUT2D eigenvalue weighted by molar-refractivity contribution is -0.141. The smallest absolute Gasteiger partial charge is 0.326 e. The summed E-state index contributed by atoms with van der Waals surface area (Å²) in [6.45, 7) is 3.92. The van der Waals surface area contributed by atoms with Gasteiger partial charge < -0.3 is 15.4 Å². The third-order valence-corrected chi connectivity index (χ3v) is 3.84. The van der Waals surface area contributed by atoms with Gasteiger partial charge in [0.15, 0.2) is 0 Å². The molecule has 1 heterocycles. The number of carboxylic acid groups (broad SMARTS) is 1. The maximum absolute atomic E-state index is 12.2. The van der Waals surface area contributed by atoms with E-state index in [2.05, 4.69) is 10.3 Å². The lowest BCUT2D eigenvalue weighted by Crippen LogP contribution is -2.41. The standard InChI is InChI=1S/C17H22N2O3/c1-3-4-8-15(17(21)22)19-16(20)10-13-11(2)18-14-9-6-5-7-12(13)14/h5-7,9,15,18H,3-4,8,10H2,1-2H3,(H,19,20)(H,21,22). The highest BCUT2D eigenvalue weighted by molar-refractivity contribution is 5.91. The van der Waals surface area contributed by atoms with Crippen LogP contribution in [-0.2, 0) is 16.0 Å². The number of nitrogens with one attached hydrogen (secondary N) is 2. The van der Waals surface area contributed by atoms with Gasteiger partial charge >= 0.3 is 5.97 Å². The maximum atomic E-state index is 12.2. The SMILES string of the molecule is CCCCC(NC(=O)Cc1c(C)[nH]c2ccccc12)C(=O)O. The molecular formula is C17H22N2O3. The molecule has 2 rings (SSSR count). The van der Waals surface area contributed by atoms with Gasteiger partial charge in [-0.05, 0) is 25.0 Å². The van der Waals surface area contributed by atoms with Crippen molar-refractivity contribution >= 4 is 22.8 Å². The molecule has 5 heteroatoms. The number of amides is 1. The molecule has 1 aromatic carbocycles. The fourth-order valence-electron chi connectivity index (χ4n) is 2.63. The number of aliphatic carboxylic acids is 1. The average Bonchev–Trinajstić information content (AvgIpc) is 2.79. The summed E-state index contributed by atoms with van der Waals surface area (Å²) in [6, 6.07) is 6.99. The lowest BCUT2D eigenvalue weighted by Gasteiger charge is -2.14. The Morgan fingerprint density at radius 2 is 2.05 bits per heavy atom. The van der Waals surface area contributed by atoms with Crippen LogP contribution >= 0.6 is 0 Å². The number of carbonyl (C=O) groups is 2. The van der Waals surface area contributed by atoms with Gasteiger partial charge in [-0.1, -0.05) is 38.0 Å². The van der Waals surface area contributed by atoms with E-state index in [0.717, 1.165) is 35.0 Å². The highest BCUT2D eigenvalue weighted by Gasteiger charge is 2.20. The second-order valence-corrected chi connectivity index (χ2v) is 5.55. The number of hydrogen-bond donors (Lipinski definition) is 3. The average molecular weight is 302 g/mol. The van der Waals surface area contributed by atoms with Gasteiger partial charge in [0, 0.05) is 16.6 Å². The zero-order valence-corrected chi connectivity index (χ0v) is 13.0. The van der Waals surface area contributed by atoms with Crippen LogP contribution in [0.2, 0.25) is 0 Å². The van der Waals surface area contributed by atoms with Crippen LogP contribution in [0.5, 0.6) is 0 Å². The Kier molecular flexibility index (Phi) is 5.20. The van der Waals surface area contributed by atoms with Gasteiger partial charge in [0.05, 0.1) is 6.42 Å². The number of fused-ring (bicyclic) bond motifs is 1. The van der Waals surface area contributed by atoms with Gasteiger partial charge in [0.25, 0.3) is 0 Å². The molecule has 1 aromatic heterocycles. The second kappa shape index (κ2) is 7.11. The molecular weight excluding hydrogens is 280 g/mol. The Balaban J connectivity index is 2.10. The van der Waals surface area contributed by atoms with Gasteiger partial charge in [-0.3, -0.25) is 4.79 Å². The number of unbranched alkanes of at least 4 members (excludes halogenated alkanes) is 1. The fourth-order valence-corrected chi connectivity index (χ4v) is 2.63. The third-order valence-electron chi connectivity index (χ3n) is 3.84. The highest BCUT2D eigenvalue weighted by Crippen LogP contribution is 2.22. The molecule has 0 saturated heterocycles. The molecule has 22 heavy (non-hydrogen) atoms. The maximum Gasteiger partial charge on any atom is 0.326 e. The molecule has 1 atom stereocenters. The molecule has 1 unspecified atom stereocenters. The van der Waals surface area contributed by atoms with E-state index < -0.39 is 12.0 Å². The number of carbonyl (C=O) groups excluding carboxylic acids is 1. The van der Waals surface area contributed by atoms with Gasteiger partial charge in [0.2, 0.25) is 5.91 Å². The lowest BCUT2D eigenvalue weighted by atomic mass is 10.1. The van der Waals surface area contributed by atoms with E-state index in [9.17, 15) is 14.7 Å². The monoisotopic (exact) mass is 302 g/mol. The van der Waals surface area contributed by atoms with Crippen LogP contribution in [0, 0.1) is 6.92 Å². The quantitative estimate of drug-likeness (QED) is 0.735. The zero-order chi connectivity index (χ0) is 16.1. The van der Waals surface area contributed by atoms with E-state index >= 15 is 0 Å². The summed E-state index contributed by atoms with van der Waals surface area (Å²) in [5, 5.41) is 12.8. The molecule has 0 radical (unpaired) electrons. The predicted octanol–water partition coefficient (Wildman–Crippen LogP) is 2.78. The number of para-hydroxylation sites is 1. The van der Waals surface area contributed by atoms with Crippen molar-refractivity contribution in [1.29, 1.82) is 0 Å². The number of H-pyrrole nitrogens is 1. The van der Waals surface area contributed by atoms with Crippen molar-refractivity contribution < 1.29 is 14.7 Å². The van der Waals surface area contributed by atoms with Gasteiger partial charge in [-0.25, -0.2) is 4.79 Å². The van der Waals surface area contributed by atoms with Crippen molar-refractivity contribution in [3.63, 3.8) is 0 Å². The summed E-state index contributed by atoms with van der Waals surface area (Å²) in [5.74, 6) is -1.23. The summed E-state index contributed by atoms with van der Waals surface area (Å²) in [5.41, 5.74) is 2.85. The summed E-state index contributed by atoms with van der Waals surface area (Å²) in [4.78, 5) is 26.6. The molecule has 2 aromatic rings. The Hall–Kier alpha value is -2.30. The number of aromatic nitrogens is 1. The normalized spacial score (nSPS) is 12.3. The Bertz CT molecular complexity index is 676. The topological polar surface area (TPSA) is 82.2 Å². The first-order valence-electron chi connectivity index (χ1n) is 7.61. The third kappa shape index (κ3) is 3.67. The zero-order valence-electron chi connectivity index (χ0n) is 13.0. The van der Waals surface area contributed by atoms with E-state index in [0.29, 0.717) is 6.42 Å². The van der Waals surface area contributed by atoms with Crippen LogP contribution in [0.15, 0.2) is 24.3 Å². The molecule has 0 bridgehead atoms. The van der Waals surface area contributed by atoms with Crippen LogP contribution < -0.4 is 5.32 Å². The first-order chi connectivity index (χ1) is 10.5. The minimum Gasteiger partial charge on any atom is -0.480 e. The molecule has 0 aliphatic carbocycles. The van der Waals surface area contributed by atoms with Crippen molar-refractivity contribution in [2.75, 3.05) is 0 Å². The highest BCUT2D eigenvalue weighted by atomic mass is 16.4. The van der Waals surface area contributed by atoms with Crippen LogP contribution in [0.3, 0.4) is 0 Å². The first kappa shape index (κ1) is 16.1. The van der Waals surface area contributed by atoms with Crippen molar-refractivity contribution in [2.24, 2.45) is 0 Å². The molecule has 0 aliphatic rings. The fraction of sp³-hybridized carbons (Fsp3) is 0.412. The van der Waals surface area contributed by atoms with E-state index in [1.165, 1.54) is 0 Å². The largest absolute Gasteiger partial charge is 0.480 e. The molecule has 118 valence electrons. The van der Waals surface area contributed by atoms with Crippen molar-refractivity contribution in [1.82, 2.24) is 10.3 Å². The molecule has 0 spiro atoms. The molecule has 0 saturated carbocycles. The number of rotatable bonds is 7. The minimum atomic E-state index is -0.975. The second-order valence-electron chi connectivity index (χ2n) is 5.55. The number of aromatic amines is 1. The first-order valence-corrected chi connectivity index (χ1v) is 7.61. The van der Waals surface area contributed by atoms with E-state index in [-0.39, 0.29) is 12.3 Å². The van der Waals surface area contributed by atoms with E-state index in [4.69, 9.17) is 0 Å². The Labute approximate surface area is 129 Å². The summed E-state index contributed by atoms with van der Waals surface area (Å²) < 4.78 is 0. The van der Waals surface area contributed by atoms with Gasteiger partial charge in [0.1, 0.15) is 6.04 Å². The number of carboxylic acids is 1. The number of hydrogen-bond acceptors (Lipinski definition) is 2. The molecule has 3 N–H and O–H groups in total. The molecule has 0 fully saturated rings. The summed E-state index contributed by atoms with van der Waals surface area (Å²) in [6.07, 6.45) is 2.33. The predicted molar refractivity (Wildman–Crippen MR) is 85.8 cm³/mol. The molecule has 5 nitrogen and oxygen atoms in total. The van der Waals surface area contributed by atoms with Crippen molar-refractivity contribution in [3.8, 4) is 0 Å². The number of benzene rings is 1. The Morgan fingerprint density at radius 1 is 1.32 bits per heavy atom. The van der Waals surface area contributed by atoms with Crippen LogP contribution in [-0.4, -0.2) is 28.0 Å². The van der Waals surface area contributed by atoms with Gasteiger partial charge in [-0.15, -0.1) is 0 Å². The number of aryl methyl sites for hydroxylation is 1. The summed E-state index contributed by atoms with van der Waals surface area (Å²) >= 11 is 0. The molecule has 0 aliphatic heterocycles. The van der Waals surface area contributed by atoms with Crippen molar-refractivity contribution in [2.45, 2.75) is 45.6 Å². The van der Waals surface area contributed by atoms with E-state index in [1.807, 2.05) is 38.1 Å². The van der Waals surface area contributed by atoms with Crippen LogP contribution in [0.1, 0.15) is 37.4 Å². The van der Waals surface area contributed by atoms with Crippen molar-refractivity contribution in [3.05, 3.63) is 35.5 Å². The summed E-state index contributed by atoms with van der Waals surface area (Å²) in [7, 11) is 0. The molecule has 1 amide bonds. The van der Waals surface area contributed by atoms with Crippen LogP contribution in [0.4, 0.5) is 0 Å². The minimum absolute atomic E-state index is 0.186.